The maximum atomic E-state index is 13.1. The monoisotopic (exact) mass is 294 g/mol. The number of hydrogen-bond donors (Lipinski definition) is 1. The van der Waals surface area contributed by atoms with E-state index in [2.05, 4.69) is 5.32 Å². The second-order valence-corrected chi connectivity index (χ2v) is 4.24. The van der Waals surface area contributed by atoms with Gasteiger partial charge in [-0.05, 0) is 23.8 Å². The van der Waals surface area contributed by atoms with Gasteiger partial charge in [0.25, 0.3) is 5.69 Å². The van der Waals surface area contributed by atoms with E-state index in [-0.39, 0.29) is 12.2 Å². The van der Waals surface area contributed by atoms with E-state index in [1.807, 2.05) is 0 Å². The van der Waals surface area contributed by atoms with Crippen LogP contribution in [0, 0.1) is 21.7 Å². The molecule has 0 heterocycles. The Labute approximate surface area is 119 Å². The number of nitrogens with zero attached hydrogens (tertiary/aromatic N) is 1. The predicted octanol–water partition coefficient (Wildman–Crippen LogP) is 3.49. The molecule has 0 aliphatic heterocycles. The minimum atomic E-state index is -0.926. The van der Waals surface area contributed by atoms with Gasteiger partial charge >= 0.3 is 0 Å². The molecule has 0 saturated heterocycles. The zero-order valence-corrected chi connectivity index (χ0v) is 11.1. The van der Waals surface area contributed by atoms with Crippen LogP contribution in [0.4, 0.5) is 20.2 Å². The van der Waals surface area contributed by atoms with Crippen molar-refractivity contribution in [3.8, 4) is 5.75 Å². The van der Waals surface area contributed by atoms with E-state index in [1.54, 1.807) is 0 Å². The fourth-order valence-corrected chi connectivity index (χ4v) is 1.79. The third-order valence-electron chi connectivity index (χ3n) is 2.86. The van der Waals surface area contributed by atoms with Gasteiger partial charge in [-0.2, -0.15) is 0 Å². The molecule has 0 fully saturated rings. The first-order valence-electron chi connectivity index (χ1n) is 6.01. The van der Waals surface area contributed by atoms with E-state index >= 15 is 0 Å². The molecular weight excluding hydrogens is 282 g/mol. The van der Waals surface area contributed by atoms with E-state index in [0.717, 1.165) is 12.1 Å². The molecule has 0 amide bonds. The molecule has 0 spiro atoms. The number of benzene rings is 2. The van der Waals surface area contributed by atoms with Gasteiger partial charge in [0, 0.05) is 12.6 Å². The first-order chi connectivity index (χ1) is 10.0. The van der Waals surface area contributed by atoms with Crippen LogP contribution in [-0.2, 0) is 6.54 Å². The van der Waals surface area contributed by atoms with Crippen LogP contribution in [0.1, 0.15) is 5.56 Å². The van der Waals surface area contributed by atoms with Gasteiger partial charge in [-0.25, -0.2) is 8.78 Å². The van der Waals surface area contributed by atoms with Crippen LogP contribution in [0.2, 0.25) is 0 Å². The van der Waals surface area contributed by atoms with Gasteiger partial charge in [-0.1, -0.05) is 6.07 Å². The Morgan fingerprint density at radius 2 is 1.95 bits per heavy atom. The number of hydrogen-bond acceptors (Lipinski definition) is 4. The summed E-state index contributed by atoms with van der Waals surface area (Å²) in [6, 6.07) is 7.68. The number of nitro benzene ring substituents is 1. The van der Waals surface area contributed by atoms with Gasteiger partial charge in [-0.3, -0.25) is 10.1 Å². The number of halogens is 2. The maximum absolute atomic E-state index is 13.1. The molecule has 0 unspecified atom stereocenters. The lowest BCUT2D eigenvalue weighted by molar-refractivity contribution is -0.384. The van der Waals surface area contributed by atoms with Crippen molar-refractivity contribution < 1.29 is 18.4 Å². The number of rotatable bonds is 5. The predicted molar refractivity (Wildman–Crippen MR) is 73.3 cm³/mol. The average Bonchev–Trinajstić information content (AvgIpc) is 2.48. The molecule has 2 aromatic rings. The minimum absolute atomic E-state index is 0.0924. The van der Waals surface area contributed by atoms with E-state index in [0.29, 0.717) is 17.0 Å². The Bertz CT molecular complexity index is 677. The first-order valence-corrected chi connectivity index (χ1v) is 6.01. The van der Waals surface area contributed by atoms with Crippen molar-refractivity contribution >= 4 is 11.4 Å². The van der Waals surface area contributed by atoms with Crippen molar-refractivity contribution in [2.75, 3.05) is 12.4 Å². The van der Waals surface area contributed by atoms with E-state index in [4.69, 9.17) is 4.74 Å². The lowest BCUT2D eigenvalue weighted by Crippen LogP contribution is -2.02. The van der Waals surface area contributed by atoms with E-state index in [9.17, 15) is 18.9 Å². The van der Waals surface area contributed by atoms with Crippen molar-refractivity contribution in [3.63, 3.8) is 0 Å². The maximum Gasteiger partial charge on any atom is 0.273 e. The molecule has 0 saturated carbocycles. The van der Waals surface area contributed by atoms with Crippen LogP contribution < -0.4 is 10.1 Å². The quantitative estimate of drug-likeness (QED) is 0.677. The van der Waals surface area contributed by atoms with Crippen LogP contribution >= 0.6 is 0 Å². The van der Waals surface area contributed by atoms with Crippen molar-refractivity contribution in [1.29, 1.82) is 0 Å². The zero-order valence-electron chi connectivity index (χ0n) is 11.1. The van der Waals surface area contributed by atoms with Crippen molar-refractivity contribution in [2.24, 2.45) is 0 Å². The van der Waals surface area contributed by atoms with Crippen molar-refractivity contribution in [3.05, 3.63) is 63.7 Å². The summed E-state index contributed by atoms with van der Waals surface area (Å²) in [5.41, 5.74) is 0.965. The number of nitrogens with one attached hydrogen (secondary N) is 1. The molecule has 0 aliphatic carbocycles. The molecule has 1 N–H and O–H groups in total. The molecule has 0 radical (unpaired) electrons. The highest BCUT2D eigenvalue weighted by molar-refractivity contribution is 5.60. The topological polar surface area (TPSA) is 64.4 Å². The summed E-state index contributed by atoms with van der Waals surface area (Å²) in [5.74, 6) is -1.54. The summed E-state index contributed by atoms with van der Waals surface area (Å²) in [6.45, 7) is 0.228. The lowest BCUT2D eigenvalue weighted by atomic mass is 10.2. The average molecular weight is 294 g/mol. The van der Waals surface area contributed by atoms with Gasteiger partial charge < -0.3 is 10.1 Å². The molecular formula is C14H12F2N2O3. The molecule has 5 nitrogen and oxygen atoms in total. The highest BCUT2D eigenvalue weighted by Gasteiger charge is 2.11. The number of methoxy groups -OCH3 is 1. The summed E-state index contributed by atoms with van der Waals surface area (Å²) in [6.07, 6.45) is 0. The Morgan fingerprint density at radius 3 is 2.57 bits per heavy atom. The largest absolute Gasteiger partial charge is 0.494 e. The third kappa shape index (κ3) is 3.44. The summed E-state index contributed by atoms with van der Waals surface area (Å²) in [7, 11) is 1.39. The molecule has 0 aromatic heterocycles. The van der Waals surface area contributed by atoms with Crippen LogP contribution in [0.3, 0.4) is 0 Å². The van der Waals surface area contributed by atoms with E-state index < -0.39 is 16.6 Å². The van der Waals surface area contributed by atoms with Gasteiger partial charge in [0.05, 0.1) is 23.8 Å². The second-order valence-electron chi connectivity index (χ2n) is 4.24. The number of nitro groups is 1. The molecule has 21 heavy (non-hydrogen) atoms. The summed E-state index contributed by atoms with van der Waals surface area (Å²) < 4.78 is 31.0. The Balaban J connectivity index is 2.15. The van der Waals surface area contributed by atoms with Gasteiger partial charge in [0.1, 0.15) is 5.75 Å². The molecule has 0 bridgehead atoms. The number of anilines is 1. The zero-order chi connectivity index (χ0) is 15.4. The SMILES string of the molecule is COc1cc([N+](=O)[O-])ccc1NCc1ccc(F)c(F)c1. The molecule has 2 rings (SSSR count). The summed E-state index contributed by atoms with van der Waals surface area (Å²) in [4.78, 5) is 10.2. The van der Waals surface area contributed by atoms with E-state index in [1.165, 1.54) is 31.4 Å². The Hall–Kier alpha value is -2.70. The Morgan fingerprint density at radius 1 is 1.19 bits per heavy atom. The highest BCUT2D eigenvalue weighted by Crippen LogP contribution is 2.29. The summed E-state index contributed by atoms with van der Waals surface area (Å²) >= 11 is 0. The molecule has 0 atom stereocenters. The number of non-ortho nitro benzene ring substituents is 1. The first kappa shape index (κ1) is 14.7. The normalized spacial score (nSPS) is 10.2. The van der Waals surface area contributed by atoms with Crippen LogP contribution in [0.25, 0.3) is 0 Å². The third-order valence-corrected chi connectivity index (χ3v) is 2.86. The molecule has 2 aromatic carbocycles. The summed E-state index contributed by atoms with van der Waals surface area (Å²) in [5, 5.41) is 13.6. The van der Waals surface area contributed by atoms with Gasteiger partial charge in [0.2, 0.25) is 0 Å². The van der Waals surface area contributed by atoms with Gasteiger partial charge in [0.15, 0.2) is 11.6 Å². The molecule has 0 aliphatic rings. The molecule has 7 heteroatoms. The minimum Gasteiger partial charge on any atom is -0.494 e. The highest BCUT2D eigenvalue weighted by atomic mass is 19.2. The molecule has 110 valence electrons. The smallest absolute Gasteiger partial charge is 0.273 e. The second kappa shape index (κ2) is 6.17. The van der Waals surface area contributed by atoms with Gasteiger partial charge in [-0.15, -0.1) is 0 Å². The lowest BCUT2D eigenvalue weighted by Gasteiger charge is -2.11. The van der Waals surface area contributed by atoms with Crippen LogP contribution in [-0.4, -0.2) is 12.0 Å². The number of ether oxygens (including phenoxy) is 1. The Kier molecular flexibility index (Phi) is 4.32. The fraction of sp³-hybridized carbons (Fsp3) is 0.143. The standard InChI is InChI=1S/C14H12F2N2O3/c1-21-14-7-10(18(19)20)3-5-13(14)17-8-9-2-4-11(15)12(16)6-9/h2-7,17H,8H2,1H3. The van der Waals surface area contributed by atoms with Crippen molar-refractivity contribution in [2.45, 2.75) is 6.54 Å². The van der Waals surface area contributed by atoms with Crippen molar-refractivity contribution in [1.82, 2.24) is 0 Å². The fourth-order valence-electron chi connectivity index (χ4n) is 1.79. The van der Waals surface area contributed by atoms with Crippen LogP contribution in [0.5, 0.6) is 5.75 Å². The van der Waals surface area contributed by atoms with Crippen LogP contribution in [0.15, 0.2) is 36.4 Å².